The van der Waals surface area contributed by atoms with Gasteiger partial charge in [-0.3, -0.25) is 4.79 Å². The number of rotatable bonds is 4. The quantitative estimate of drug-likeness (QED) is 0.785. The Morgan fingerprint density at radius 2 is 2.05 bits per heavy atom. The standard InChI is InChI=1S/C15H12BrFO2/c1-10-6-13(16)7-12(8-18)15(10)19-9-11-4-2-3-5-14(11)17/h2-8H,9H2,1H3. The van der Waals surface area contributed by atoms with Gasteiger partial charge in [0.2, 0.25) is 0 Å². The Bertz CT molecular complexity index is 611. The average Bonchev–Trinajstić information content (AvgIpc) is 2.38. The summed E-state index contributed by atoms with van der Waals surface area (Å²) in [5, 5.41) is 0. The molecule has 0 aliphatic carbocycles. The van der Waals surface area contributed by atoms with Gasteiger partial charge in [0.15, 0.2) is 6.29 Å². The lowest BCUT2D eigenvalue weighted by molar-refractivity contribution is 0.111. The van der Waals surface area contributed by atoms with Crippen LogP contribution in [0.1, 0.15) is 21.5 Å². The number of aldehydes is 1. The third kappa shape index (κ3) is 3.20. The van der Waals surface area contributed by atoms with Crippen molar-refractivity contribution < 1.29 is 13.9 Å². The highest BCUT2D eigenvalue weighted by Gasteiger charge is 2.10. The molecule has 0 aliphatic heterocycles. The summed E-state index contributed by atoms with van der Waals surface area (Å²) in [4.78, 5) is 11.0. The van der Waals surface area contributed by atoms with Crippen molar-refractivity contribution in [3.63, 3.8) is 0 Å². The number of hydrogen-bond acceptors (Lipinski definition) is 2. The molecular formula is C15H12BrFO2. The highest BCUT2D eigenvalue weighted by Crippen LogP contribution is 2.27. The number of halogens is 2. The van der Waals surface area contributed by atoms with Crippen LogP contribution in [0.25, 0.3) is 0 Å². The predicted octanol–water partition coefficient (Wildman–Crippen LogP) is 4.29. The second-order valence-electron chi connectivity index (χ2n) is 4.14. The van der Waals surface area contributed by atoms with Crippen LogP contribution in [-0.2, 0) is 6.61 Å². The minimum Gasteiger partial charge on any atom is -0.488 e. The second-order valence-corrected chi connectivity index (χ2v) is 5.05. The molecule has 2 nitrogen and oxygen atoms in total. The lowest BCUT2D eigenvalue weighted by Gasteiger charge is -2.12. The Morgan fingerprint density at radius 1 is 1.32 bits per heavy atom. The fourth-order valence-corrected chi connectivity index (χ4v) is 2.40. The highest BCUT2D eigenvalue weighted by atomic mass is 79.9. The lowest BCUT2D eigenvalue weighted by Crippen LogP contribution is -2.02. The monoisotopic (exact) mass is 322 g/mol. The van der Waals surface area contributed by atoms with Gasteiger partial charge < -0.3 is 4.74 Å². The molecule has 19 heavy (non-hydrogen) atoms. The van der Waals surface area contributed by atoms with E-state index in [9.17, 15) is 9.18 Å². The molecule has 2 aromatic carbocycles. The van der Waals surface area contributed by atoms with Crippen molar-refractivity contribution in [2.45, 2.75) is 13.5 Å². The average molecular weight is 323 g/mol. The van der Waals surface area contributed by atoms with E-state index in [1.165, 1.54) is 6.07 Å². The molecule has 0 heterocycles. The molecule has 0 unspecified atom stereocenters. The Morgan fingerprint density at radius 3 is 2.74 bits per heavy atom. The normalized spacial score (nSPS) is 10.3. The van der Waals surface area contributed by atoms with Gasteiger partial charge in [0.05, 0.1) is 5.56 Å². The topological polar surface area (TPSA) is 26.3 Å². The minimum absolute atomic E-state index is 0.0932. The summed E-state index contributed by atoms with van der Waals surface area (Å²) in [5.41, 5.74) is 1.73. The molecule has 0 amide bonds. The van der Waals surface area contributed by atoms with E-state index in [0.717, 1.165) is 16.3 Å². The third-order valence-electron chi connectivity index (χ3n) is 2.72. The Labute approximate surface area is 119 Å². The summed E-state index contributed by atoms with van der Waals surface area (Å²) < 4.78 is 19.9. The van der Waals surface area contributed by atoms with Crippen molar-refractivity contribution in [3.8, 4) is 5.75 Å². The predicted molar refractivity (Wildman–Crippen MR) is 75.0 cm³/mol. The van der Waals surface area contributed by atoms with Gasteiger partial charge in [0.1, 0.15) is 18.2 Å². The fraction of sp³-hybridized carbons (Fsp3) is 0.133. The van der Waals surface area contributed by atoms with Crippen LogP contribution in [0.4, 0.5) is 4.39 Å². The van der Waals surface area contributed by atoms with E-state index in [1.54, 1.807) is 24.3 Å². The smallest absolute Gasteiger partial charge is 0.153 e. The van der Waals surface area contributed by atoms with E-state index in [2.05, 4.69) is 15.9 Å². The van der Waals surface area contributed by atoms with Crippen molar-refractivity contribution in [2.24, 2.45) is 0 Å². The minimum atomic E-state index is -0.315. The Balaban J connectivity index is 2.25. The summed E-state index contributed by atoms with van der Waals surface area (Å²) in [7, 11) is 0. The molecule has 0 fully saturated rings. The molecular weight excluding hydrogens is 311 g/mol. The largest absolute Gasteiger partial charge is 0.488 e. The molecule has 2 aromatic rings. The third-order valence-corrected chi connectivity index (χ3v) is 3.18. The molecule has 0 aliphatic rings. The molecule has 0 saturated heterocycles. The number of benzene rings is 2. The first kappa shape index (κ1) is 13.7. The maximum absolute atomic E-state index is 13.5. The molecule has 0 atom stereocenters. The number of hydrogen-bond donors (Lipinski definition) is 0. The molecule has 2 rings (SSSR count). The number of ether oxygens (including phenoxy) is 1. The first-order valence-electron chi connectivity index (χ1n) is 5.73. The van der Waals surface area contributed by atoms with Crippen LogP contribution < -0.4 is 4.74 Å². The molecule has 0 saturated carbocycles. The van der Waals surface area contributed by atoms with Gasteiger partial charge >= 0.3 is 0 Å². The molecule has 0 aromatic heterocycles. The van der Waals surface area contributed by atoms with E-state index in [4.69, 9.17) is 4.74 Å². The zero-order valence-electron chi connectivity index (χ0n) is 10.3. The summed E-state index contributed by atoms with van der Waals surface area (Å²) in [6.07, 6.45) is 0.731. The molecule has 0 spiro atoms. The number of carbonyl (C=O) groups excluding carboxylic acids is 1. The van der Waals surface area contributed by atoms with Gasteiger partial charge in [-0.05, 0) is 30.7 Å². The van der Waals surface area contributed by atoms with Gasteiger partial charge in [-0.15, -0.1) is 0 Å². The summed E-state index contributed by atoms with van der Waals surface area (Å²) >= 11 is 3.32. The summed E-state index contributed by atoms with van der Waals surface area (Å²) in [6.45, 7) is 1.93. The van der Waals surface area contributed by atoms with E-state index in [-0.39, 0.29) is 12.4 Å². The van der Waals surface area contributed by atoms with Crippen molar-refractivity contribution in [3.05, 3.63) is 63.4 Å². The Hall–Kier alpha value is -1.68. The van der Waals surface area contributed by atoms with Gasteiger partial charge in [-0.1, -0.05) is 34.1 Å². The molecule has 98 valence electrons. The van der Waals surface area contributed by atoms with E-state index in [0.29, 0.717) is 16.9 Å². The van der Waals surface area contributed by atoms with Gasteiger partial charge in [0, 0.05) is 10.0 Å². The van der Waals surface area contributed by atoms with Crippen molar-refractivity contribution >= 4 is 22.2 Å². The zero-order valence-corrected chi connectivity index (χ0v) is 11.9. The molecule has 0 bridgehead atoms. The van der Waals surface area contributed by atoms with E-state index in [1.807, 2.05) is 13.0 Å². The first-order chi connectivity index (χ1) is 9.11. The van der Waals surface area contributed by atoms with Crippen LogP contribution in [0, 0.1) is 12.7 Å². The van der Waals surface area contributed by atoms with Crippen molar-refractivity contribution in [1.29, 1.82) is 0 Å². The zero-order chi connectivity index (χ0) is 13.8. The molecule has 4 heteroatoms. The maximum atomic E-state index is 13.5. The number of aryl methyl sites for hydroxylation is 1. The maximum Gasteiger partial charge on any atom is 0.153 e. The van der Waals surface area contributed by atoms with Crippen LogP contribution in [-0.4, -0.2) is 6.29 Å². The molecule has 0 N–H and O–H groups in total. The lowest BCUT2D eigenvalue weighted by atomic mass is 10.1. The van der Waals surface area contributed by atoms with Crippen LogP contribution >= 0.6 is 15.9 Å². The Kier molecular flexibility index (Phi) is 4.32. The van der Waals surface area contributed by atoms with Crippen LogP contribution in [0.2, 0.25) is 0 Å². The van der Waals surface area contributed by atoms with Crippen LogP contribution in [0.5, 0.6) is 5.75 Å². The van der Waals surface area contributed by atoms with Gasteiger partial charge in [0.25, 0.3) is 0 Å². The van der Waals surface area contributed by atoms with Gasteiger partial charge in [-0.25, -0.2) is 4.39 Å². The highest BCUT2D eigenvalue weighted by molar-refractivity contribution is 9.10. The SMILES string of the molecule is Cc1cc(Br)cc(C=O)c1OCc1ccccc1F. The van der Waals surface area contributed by atoms with Gasteiger partial charge in [-0.2, -0.15) is 0 Å². The van der Waals surface area contributed by atoms with E-state index < -0.39 is 0 Å². The van der Waals surface area contributed by atoms with Crippen molar-refractivity contribution in [2.75, 3.05) is 0 Å². The summed E-state index contributed by atoms with van der Waals surface area (Å²) in [5.74, 6) is 0.173. The van der Waals surface area contributed by atoms with Crippen molar-refractivity contribution in [1.82, 2.24) is 0 Å². The molecule has 0 radical (unpaired) electrons. The summed E-state index contributed by atoms with van der Waals surface area (Å²) in [6, 6.07) is 9.94. The first-order valence-corrected chi connectivity index (χ1v) is 6.52. The van der Waals surface area contributed by atoms with E-state index >= 15 is 0 Å². The fourth-order valence-electron chi connectivity index (χ4n) is 1.81. The second kappa shape index (κ2) is 5.97. The van der Waals surface area contributed by atoms with Crippen LogP contribution in [0.3, 0.4) is 0 Å². The van der Waals surface area contributed by atoms with Crippen LogP contribution in [0.15, 0.2) is 40.9 Å². The number of carbonyl (C=O) groups is 1.